The molecule has 2 aromatic carbocycles. The Morgan fingerprint density at radius 1 is 1.05 bits per heavy atom. The van der Waals surface area contributed by atoms with Gasteiger partial charge in [-0.3, -0.25) is 0 Å². The van der Waals surface area contributed by atoms with Crippen LogP contribution in [0.15, 0.2) is 60.9 Å². The number of carboxylic acid groups (broad SMARTS) is 1. The predicted molar refractivity (Wildman–Crippen MR) is 141 cm³/mol. The molecular weight excluding hydrogens is 490 g/mol. The second-order valence-electron chi connectivity index (χ2n) is 8.92. The number of benzene rings is 2. The Balaban J connectivity index is 1.51. The third kappa shape index (κ3) is 5.03. The molecule has 0 radical (unpaired) electrons. The highest BCUT2D eigenvalue weighted by molar-refractivity contribution is 6.32. The third-order valence-corrected chi connectivity index (χ3v) is 6.60. The van der Waals surface area contributed by atoms with E-state index in [1.807, 2.05) is 54.2 Å². The molecule has 10 heteroatoms. The van der Waals surface area contributed by atoms with Crippen molar-refractivity contribution in [3.63, 3.8) is 0 Å². The number of aryl methyl sites for hydroxylation is 2. The van der Waals surface area contributed by atoms with Crippen LogP contribution in [0.2, 0.25) is 5.15 Å². The fourth-order valence-electron chi connectivity index (χ4n) is 4.45. The lowest BCUT2D eigenvalue weighted by Crippen LogP contribution is -2.13. The van der Waals surface area contributed by atoms with Crippen LogP contribution in [-0.4, -0.2) is 45.8 Å². The summed E-state index contributed by atoms with van der Waals surface area (Å²) in [6, 6.07) is 16.3. The quantitative estimate of drug-likeness (QED) is 0.269. The van der Waals surface area contributed by atoms with Gasteiger partial charge in [0, 0.05) is 38.0 Å². The van der Waals surface area contributed by atoms with Crippen LogP contribution in [0.4, 0.5) is 0 Å². The predicted octanol–water partition coefficient (Wildman–Crippen LogP) is 5.48. The van der Waals surface area contributed by atoms with E-state index in [-0.39, 0.29) is 10.8 Å². The molecule has 188 valence electrons. The van der Waals surface area contributed by atoms with Crippen LogP contribution in [0.5, 0.6) is 0 Å². The maximum atomic E-state index is 11.9. The number of imidazole rings is 1. The Hall–Kier alpha value is -4.24. The first-order valence-electron chi connectivity index (χ1n) is 12.0. The number of tetrazole rings is 1. The topological polar surface area (TPSA) is 115 Å². The second-order valence-corrected chi connectivity index (χ2v) is 9.28. The number of rotatable bonds is 9. The zero-order chi connectivity index (χ0) is 25.9. The normalized spacial score (nSPS) is 11.2. The first-order chi connectivity index (χ1) is 17.9. The van der Waals surface area contributed by atoms with Crippen LogP contribution < -0.4 is 0 Å². The SMILES string of the molecule is CCCCc1nc(Cl)c(C(=O)O)n1Cc1ccc(-c2cc(-c3ccn(C)c3)ccc2-c2nn[nH]n2)cc1. The number of unbranched alkanes of at least 4 members (excludes halogenated alkanes) is 1. The monoisotopic (exact) mass is 515 g/mol. The van der Waals surface area contributed by atoms with Crippen molar-refractivity contribution in [1.29, 1.82) is 0 Å². The van der Waals surface area contributed by atoms with Gasteiger partial charge >= 0.3 is 5.97 Å². The average Bonchev–Trinajstić information content (AvgIpc) is 3.64. The molecule has 5 rings (SSSR count). The molecule has 0 aliphatic carbocycles. The third-order valence-electron chi connectivity index (χ3n) is 6.34. The van der Waals surface area contributed by atoms with Crippen LogP contribution in [0.25, 0.3) is 33.6 Å². The molecule has 2 N–H and O–H groups in total. The van der Waals surface area contributed by atoms with Crippen LogP contribution in [0.1, 0.15) is 41.6 Å². The highest BCUT2D eigenvalue weighted by atomic mass is 35.5. The zero-order valence-electron chi connectivity index (χ0n) is 20.5. The maximum Gasteiger partial charge on any atom is 0.355 e. The summed E-state index contributed by atoms with van der Waals surface area (Å²) < 4.78 is 3.72. The first kappa shape index (κ1) is 24.5. The number of hydrogen-bond donors (Lipinski definition) is 2. The highest BCUT2D eigenvalue weighted by Gasteiger charge is 2.21. The van der Waals surface area contributed by atoms with Crippen molar-refractivity contribution in [1.82, 2.24) is 34.7 Å². The number of aromatic carboxylic acids is 1. The van der Waals surface area contributed by atoms with E-state index < -0.39 is 5.97 Å². The van der Waals surface area contributed by atoms with E-state index in [4.69, 9.17) is 11.6 Å². The lowest BCUT2D eigenvalue weighted by atomic mass is 9.94. The van der Waals surface area contributed by atoms with Crippen molar-refractivity contribution < 1.29 is 9.90 Å². The van der Waals surface area contributed by atoms with Crippen molar-refractivity contribution in [3.8, 4) is 33.6 Å². The van der Waals surface area contributed by atoms with Gasteiger partial charge in [0.15, 0.2) is 10.8 Å². The summed E-state index contributed by atoms with van der Waals surface area (Å²) in [4.78, 5) is 16.2. The van der Waals surface area contributed by atoms with Crippen molar-refractivity contribution in [2.45, 2.75) is 32.7 Å². The lowest BCUT2D eigenvalue weighted by molar-refractivity contribution is 0.0685. The molecule has 3 aromatic heterocycles. The van der Waals surface area contributed by atoms with Crippen molar-refractivity contribution >= 4 is 17.6 Å². The number of H-pyrrole nitrogens is 1. The summed E-state index contributed by atoms with van der Waals surface area (Å²) in [6.07, 6.45) is 6.64. The van der Waals surface area contributed by atoms with Gasteiger partial charge in [0.1, 0.15) is 5.82 Å². The molecule has 0 unspecified atom stereocenters. The van der Waals surface area contributed by atoms with Crippen molar-refractivity contribution in [2.75, 3.05) is 0 Å². The fraction of sp³-hybridized carbons (Fsp3) is 0.222. The molecule has 9 nitrogen and oxygen atoms in total. The zero-order valence-corrected chi connectivity index (χ0v) is 21.3. The number of hydrogen-bond acceptors (Lipinski definition) is 5. The summed E-state index contributed by atoms with van der Waals surface area (Å²) in [7, 11) is 1.99. The van der Waals surface area contributed by atoms with E-state index in [2.05, 4.69) is 50.9 Å². The maximum absolute atomic E-state index is 11.9. The van der Waals surface area contributed by atoms with Crippen LogP contribution in [0.3, 0.4) is 0 Å². The Morgan fingerprint density at radius 2 is 1.84 bits per heavy atom. The Kier molecular flexibility index (Phi) is 6.87. The number of carbonyl (C=O) groups is 1. The molecule has 5 aromatic rings. The average molecular weight is 516 g/mol. The molecule has 0 amide bonds. The molecule has 0 bridgehead atoms. The van der Waals surface area contributed by atoms with Gasteiger partial charge < -0.3 is 14.2 Å². The minimum absolute atomic E-state index is 0.0202. The molecular formula is C27H26ClN7O2. The van der Waals surface area contributed by atoms with Gasteiger partial charge in [-0.25, -0.2) is 9.78 Å². The van der Waals surface area contributed by atoms with Gasteiger partial charge in [-0.15, -0.1) is 10.2 Å². The molecule has 0 atom stereocenters. The fourth-order valence-corrected chi connectivity index (χ4v) is 4.73. The second kappa shape index (κ2) is 10.4. The van der Waals surface area contributed by atoms with Gasteiger partial charge in [0.2, 0.25) is 5.82 Å². The van der Waals surface area contributed by atoms with E-state index in [1.165, 1.54) is 0 Å². The lowest BCUT2D eigenvalue weighted by Gasteiger charge is -2.13. The largest absolute Gasteiger partial charge is 0.476 e. The van der Waals surface area contributed by atoms with Gasteiger partial charge in [-0.2, -0.15) is 5.21 Å². The Labute approximate surface area is 218 Å². The van der Waals surface area contributed by atoms with E-state index in [0.717, 1.165) is 46.2 Å². The van der Waals surface area contributed by atoms with Crippen molar-refractivity contribution in [3.05, 3.63) is 83.2 Å². The smallest absolute Gasteiger partial charge is 0.355 e. The molecule has 0 aliphatic heterocycles. The number of nitrogens with one attached hydrogen (secondary N) is 1. The van der Waals surface area contributed by atoms with Crippen LogP contribution in [0, 0.1) is 0 Å². The summed E-state index contributed by atoms with van der Waals surface area (Å²) in [5, 5.41) is 24.4. The molecule has 0 saturated heterocycles. The first-order valence-corrected chi connectivity index (χ1v) is 12.4. The summed E-state index contributed by atoms with van der Waals surface area (Å²) >= 11 is 6.19. The summed E-state index contributed by atoms with van der Waals surface area (Å²) in [5.74, 6) is 0.112. The van der Waals surface area contributed by atoms with E-state index in [9.17, 15) is 9.90 Å². The molecule has 0 saturated carbocycles. The number of carboxylic acids is 1. The van der Waals surface area contributed by atoms with E-state index in [0.29, 0.717) is 24.6 Å². The van der Waals surface area contributed by atoms with E-state index in [1.54, 1.807) is 4.57 Å². The Morgan fingerprint density at radius 3 is 2.49 bits per heavy atom. The minimum atomic E-state index is -1.08. The number of nitrogens with zero attached hydrogens (tertiary/aromatic N) is 6. The van der Waals surface area contributed by atoms with Gasteiger partial charge in [-0.1, -0.05) is 55.3 Å². The molecule has 0 aliphatic rings. The number of aromatic amines is 1. The number of aromatic nitrogens is 7. The van der Waals surface area contributed by atoms with Crippen LogP contribution in [-0.2, 0) is 20.0 Å². The van der Waals surface area contributed by atoms with Gasteiger partial charge in [0.25, 0.3) is 0 Å². The van der Waals surface area contributed by atoms with E-state index >= 15 is 0 Å². The van der Waals surface area contributed by atoms with Crippen molar-refractivity contribution in [2.24, 2.45) is 7.05 Å². The standard InChI is InChI=1S/C27H26ClN7O2/c1-3-4-5-23-29-25(28)24(27(36)37)35(23)15-17-6-8-18(9-7-17)22-14-19(20-12-13-34(2)16-20)10-11-21(22)26-30-32-33-31-26/h6-14,16H,3-5,15H2,1-2H3,(H,36,37)(H,30,31,32,33). The van der Waals surface area contributed by atoms with Gasteiger partial charge in [-0.05, 0) is 57.7 Å². The molecule has 37 heavy (non-hydrogen) atoms. The van der Waals surface area contributed by atoms with Crippen LogP contribution >= 0.6 is 11.6 Å². The van der Waals surface area contributed by atoms with Gasteiger partial charge in [0.05, 0.1) is 0 Å². The Bertz CT molecular complexity index is 1540. The molecule has 0 spiro atoms. The highest BCUT2D eigenvalue weighted by Crippen LogP contribution is 2.34. The summed E-state index contributed by atoms with van der Waals surface area (Å²) in [6.45, 7) is 2.45. The molecule has 3 heterocycles. The number of halogens is 1. The minimum Gasteiger partial charge on any atom is -0.476 e. The summed E-state index contributed by atoms with van der Waals surface area (Å²) in [5.41, 5.74) is 5.96. The molecule has 0 fully saturated rings.